The zero-order valence-electron chi connectivity index (χ0n) is 8.76. The standard InChI is InChI=1S/C13H9IO3/c14-9-6-7-12(15)11(8-9)13(16)17-10-4-2-1-3-5-10/h1-8,15H. The van der Waals surface area contributed by atoms with Crippen LogP contribution in [-0.4, -0.2) is 11.1 Å². The lowest BCUT2D eigenvalue weighted by atomic mass is 10.2. The quantitative estimate of drug-likeness (QED) is 0.519. The number of rotatable bonds is 2. The molecule has 0 spiro atoms. The van der Waals surface area contributed by atoms with Gasteiger partial charge in [0, 0.05) is 3.57 Å². The largest absolute Gasteiger partial charge is 0.507 e. The second-order valence-electron chi connectivity index (χ2n) is 3.36. The Morgan fingerprint density at radius 1 is 1.12 bits per heavy atom. The molecule has 17 heavy (non-hydrogen) atoms. The zero-order valence-corrected chi connectivity index (χ0v) is 10.9. The van der Waals surface area contributed by atoms with E-state index in [0.29, 0.717) is 5.75 Å². The molecular weight excluding hydrogens is 331 g/mol. The van der Waals surface area contributed by atoms with Crippen LogP contribution in [-0.2, 0) is 0 Å². The third kappa shape index (κ3) is 2.97. The van der Waals surface area contributed by atoms with Crippen molar-refractivity contribution in [2.75, 3.05) is 0 Å². The predicted molar refractivity (Wildman–Crippen MR) is 72.2 cm³/mol. The van der Waals surface area contributed by atoms with Crippen LogP contribution in [0.2, 0.25) is 0 Å². The number of hydrogen-bond donors (Lipinski definition) is 1. The van der Waals surface area contributed by atoms with E-state index in [1.54, 1.807) is 36.4 Å². The maximum atomic E-state index is 11.8. The molecule has 0 aliphatic rings. The summed E-state index contributed by atoms with van der Waals surface area (Å²) in [6, 6.07) is 13.5. The number of aromatic hydroxyl groups is 1. The molecule has 0 radical (unpaired) electrons. The van der Waals surface area contributed by atoms with Gasteiger partial charge in [-0.2, -0.15) is 0 Å². The Balaban J connectivity index is 2.23. The lowest BCUT2D eigenvalue weighted by Crippen LogP contribution is -2.08. The van der Waals surface area contributed by atoms with Gasteiger partial charge in [-0.25, -0.2) is 4.79 Å². The monoisotopic (exact) mass is 340 g/mol. The van der Waals surface area contributed by atoms with E-state index in [4.69, 9.17) is 4.74 Å². The summed E-state index contributed by atoms with van der Waals surface area (Å²) in [4.78, 5) is 11.8. The summed E-state index contributed by atoms with van der Waals surface area (Å²) in [7, 11) is 0. The highest BCUT2D eigenvalue weighted by atomic mass is 127. The molecule has 0 heterocycles. The molecule has 0 aliphatic carbocycles. The van der Waals surface area contributed by atoms with Gasteiger partial charge in [-0.1, -0.05) is 18.2 Å². The highest BCUT2D eigenvalue weighted by molar-refractivity contribution is 14.1. The van der Waals surface area contributed by atoms with E-state index in [1.165, 1.54) is 6.07 Å². The van der Waals surface area contributed by atoms with Gasteiger partial charge in [-0.05, 0) is 52.9 Å². The van der Waals surface area contributed by atoms with Crippen LogP contribution in [0.4, 0.5) is 0 Å². The van der Waals surface area contributed by atoms with Crippen molar-refractivity contribution in [3.8, 4) is 11.5 Å². The number of phenols is 1. The molecule has 0 aromatic heterocycles. The highest BCUT2D eigenvalue weighted by Gasteiger charge is 2.13. The van der Waals surface area contributed by atoms with Crippen LogP contribution < -0.4 is 4.74 Å². The number of hydrogen-bond acceptors (Lipinski definition) is 3. The molecule has 2 aromatic rings. The number of carbonyl (C=O) groups is 1. The smallest absolute Gasteiger partial charge is 0.347 e. The van der Waals surface area contributed by atoms with Crippen LogP contribution in [0.25, 0.3) is 0 Å². The van der Waals surface area contributed by atoms with Crippen molar-refractivity contribution < 1.29 is 14.6 Å². The second-order valence-corrected chi connectivity index (χ2v) is 4.61. The first-order chi connectivity index (χ1) is 8.16. The number of ether oxygens (including phenoxy) is 1. The molecule has 0 amide bonds. The van der Waals surface area contributed by atoms with Crippen LogP contribution in [0.15, 0.2) is 48.5 Å². The summed E-state index contributed by atoms with van der Waals surface area (Å²) >= 11 is 2.07. The first kappa shape index (κ1) is 11.9. The van der Waals surface area contributed by atoms with E-state index in [9.17, 15) is 9.90 Å². The van der Waals surface area contributed by atoms with Crippen molar-refractivity contribution >= 4 is 28.6 Å². The van der Waals surface area contributed by atoms with Gasteiger partial charge >= 0.3 is 5.97 Å². The minimum absolute atomic E-state index is 0.0775. The van der Waals surface area contributed by atoms with E-state index in [2.05, 4.69) is 22.6 Å². The maximum absolute atomic E-state index is 11.8. The molecule has 0 aliphatic heterocycles. The lowest BCUT2D eigenvalue weighted by molar-refractivity contribution is 0.0731. The SMILES string of the molecule is O=C(Oc1ccccc1)c1cc(I)ccc1O. The molecule has 0 saturated heterocycles. The van der Waals surface area contributed by atoms with E-state index in [0.717, 1.165) is 3.57 Å². The molecule has 4 heteroatoms. The van der Waals surface area contributed by atoms with Gasteiger partial charge in [-0.3, -0.25) is 0 Å². The summed E-state index contributed by atoms with van der Waals surface area (Å²) in [5.74, 6) is -0.186. The van der Waals surface area contributed by atoms with E-state index in [1.807, 2.05) is 6.07 Å². The van der Waals surface area contributed by atoms with Crippen molar-refractivity contribution in [3.63, 3.8) is 0 Å². The molecule has 3 nitrogen and oxygen atoms in total. The number of halogens is 1. The van der Waals surface area contributed by atoms with Crippen LogP contribution in [0.1, 0.15) is 10.4 Å². The summed E-state index contributed by atoms with van der Waals surface area (Å²) in [5, 5.41) is 9.58. The Hall–Kier alpha value is -1.56. The molecule has 0 atom stereocenters. The molecule has 2 rings (SSSR count). The van der Waals surface area contributed by atoms with Crippen molar-refractivity contribution in [1.82, 2.24) is 0 Å². The molecule has 0 unspecified atom stereocenters. The topological polar surface area (TPSA) is 46.5 Å². The Morgan fingerprint density at radius 3 is 2.53 bits per heavy atom. The highest BCUT2D eigenvalue weighted by Crippen LogP contribution is 2.21. The number of para-hydroxylation sites is 1. The Labute approximate surface area is 112 Å². The van der Waals surface area contributed by atoms with Crippen LogP contribution in [0.3, 0.4) is 0 Å². The minimum Gasteiger partial charge on any atom is -0.507 e. The van der Waals surface area contributed by atoms with Crippen LogP contribution in [0, 0.1) is 3.57 Å². The number of phenolic OH excluding ortho intramolecular Hbond substituents is 1. The Kier molecular flexibility index (Phi) is 3.63. The predicted octanol–water partition coefficient (Wildman–Crippen LogP) is 3.22. The lowest BCUT2D eigenvalue weighted by Gasteiger charge is -2.06. The van der Waals surface area contributed by atoms with E-state index >= 15 is 0 Å². The third-order valence-corrected chi connectivity index (χ3v) is 2.80. The summed E-state index contributed by atoms with van der Waals surface area (Å²) < 4.78 is 6.00. The van der Waals surface area contributed by atoms with Gasteiger partial charge in [-0.15, -0.1) is 0 Å². The molecule has 2 aromatic carbocycles. The van der Waals surface area contributed by atoms with Crippen molar-refractivity contribution in [2.24, 2.45) is 0 Å². The van der Waals surface area contributed by atoms with Crippen molar-refractivity contribution in [3.05, 3.63) is 57.7 Å². The molecule has 0 fully saturated rings. The molecule has 0 bridgehead atoms. The average molecular weight is 340 g/mol. The van der Waals surface area contributed by atoms with Crippen LogP contribution >= 0.6 is 22.6 Å². The van der Waals surface area contributed by atoms with Gasteiger partial charge in [0.2, 0.25) is 0 Å². The molecular formula is C13H9IO3. The van der Waals surface area contributed by atoms with Gasteiger partial charge in [0.1, 0.15) is 17.1 Å². The van der Waals surface area contributed by atoms with E-state index in [-0.39, 0.29) is 11.3 Å². The van der Waals surface area contributed by atoms with Gasteiger partial charge in [0.25, 0.3) is 0 Å². The van der Waals surface area contributed by atoms with Crippen molar-refractivity contribution in [1.29, 1.82) is 0 Å². The number of esters is 1. The first-order valence-electron chi connectivity index (χ1n) is 4.92. The third-order valence-electron chi connectivity index (χ3n) is 2.13. The number of carbonyl (C=O) groups excluding carboxylic acids is 1. The first-order valence-corrected chi connectivity index (χ1v) is 6.00. The van der Waals surface area contributed by atoms with Gasteiger partial charge in [0.05, 0.1) is 0 Å². The normalized spacial score (nSPS) is 9.94. The minimum atomic E-state index is -0.563. The fourth-order valence-electron chi connectivity index (χ4n) is 1.32. The molecule has 0 saturated carbocycles. The fourth-order valence-corrected chi connectivity index (χ4v) is 1.81. The summed E-state index contributed by atoms with van der Waals surface area (Å²) in [6.07, 6.45) is 0. The average Bonchev–Trinajstić information content (AvgIpc) is 2.33. The summed E-state index contributed by atoms with van der Waals surface area (Å²) in [5.41, 5.74) is 0.167. The molecule has 1 N–H and O–H groups in total. The summed E-state index contributed by atoms with van der Waals surface area (Å²) in [6.45, 7) is 0. The Bertz CT molecular complexity index is 538. The van der Waals surface area contributed by atoms with Crippen molar-refractivity contribution in [2.45, 2.75) is 0 Å². The zero-order chi connectivity index (χ0) is 12.3. The second kappa shape index (κ2) is 5.18. The van der Waals surface area contributed by atoms with E-state index < -0.39 is 5.97 Å². The molecule has 86 valence electrons. The maximum Gasteiger partial charge on any atom is 0.347 e. The number of benzene rings is 2. The van der Waals surface area contributed by atoms with Gasteiger partial charge in [0.15, 0.2) is 0 Å². The van der Waals surface area contributed by atoms with Crippen LogP contribution in [0.5, 0.6) is 11.5 Å². The Morgan fingerprint density at radius 2 is 1.82 bits per heavy atom. The fraction of sp³-hybridized carbons (Fsp3) is 0. The van der Waals surface area contributed by atoms with Gasteiger partial charge < -0.3 is 9.84 Å².